The van der Waals surface area contributed by atoms with E-state index >= 15 is 0 Å². The molecule has 4 heterocycles. The van der Waals surface area contributed by atoms with Gasteiger partial charge in [0.05, 0.1) is 19.9 Å². The smallest absolute Gasteiger partial charge is 0.360 e. The van der Waals surface area contributed by atoms with Crippen LogP contribution in [0.5, 0.6) is 0 Å². The molecule has 0 aromatic carbocycles. The van der Waals surface area contributed by atoms with E-state index in [0.717, 1.165) is 0 Å². The van der Waals surface area contributed by atoms with Gasteiger partial charge in [-0.3, -0.25) is 0 Å². The fraction of sp³-hybridized carbons (Fsp3) is 0.812. The molecule has 0 radical (unpaired) electrons. The molecule has 0 N–H and O–H groups in total. The lowest BCUT2D eigenvalue weighted by Gasteiger charge is -2.28. The van der Waals surface area contributed by atoms with Crippen molar-refractivity contribution in [2.45, 2.75) is 69.9 Å². The molecule has 1 aromatic heterocycles. The fourth-order valence-corrected chi connectivity index (χ4v) is 3.62. The zero-order chi connectivity index (χ0) is 18.7. The fourth-order valence-electron chi connectivity index (χ4n) is 3.62. The van der Waals surface area contributed by atoms with Crippen LogP contribution in [-0.2, 0) is 28.4 Å². The van der Waals surface area contributed by atoms with Crippen molar-refractivity contribution in [3.8, 4) is 0 Å². The maximum atomic E-state index is 11.7. The molecule has 0 bridgehead atoms. The van der Waals surface area contributed by atoms with E-state index < -0.39 is 42.1 Å². The van der Waals surface area contributed by atoms with Gasteiger partial charge in [-0.1, -0.05) is 5.21 Å². The molecule has 10 nitrogen and oxygen atoms in total. The number of hydrogen-bond donors (Lipinski definition) is 0. The van der Waals surface area contributed by atoms with Crippen molar-refractivity contribution in [1.82, 2.24) is 15.0 Å². The number of carbonyl (C=O) groups is 1. The van der Waals surface area contributed by atoms with Gasteiger partial charge in [0.2, 0.25) is 0 Å². The Labute approximate surface area is 150 Å². The molecule has 0 aliphatic carbocycles. The van der Waals surface area contributed by atoms with Gasteiger partial charge in [-0.2, -0.15) is 0 Å². The SMILES string of the molecule is COC(=O)c1cn(C2[C@H]([C@H]3COC(C)(C)O3)O[C@@H]3OC(C)(C)O[C@@H]23)nn1. The summed E-state index contributed by atoms with van der Waals surface area (Å²) in [5, 5.41) is 7.97. The average Bonchev–Trinajstić information content (AvgIpc) is 3.28. The second-order valence-electron chi connectivity index (χ2n) is 7.50. The van der Waals surface area contributed by atoms with E-state index in [9.17, 15) is 4.79 Å². The topological polar surface area (TPSA) is 103 Å². The third-order valence-electron chi connectivity index (χ3n) is 4.66. The summed E-state index contributed by atoms with van der Waals surface area (Å²) in [5.74, 6) is -2.04. The van der Waals surface area contributed by atoms with Crippen LogP contribution in [0.3, 0.4) is 0 Å². The normalized spacial score (nSPS) is 37.7. The van der Waals surface area contributed by atoms with Crippen LogP contribution in [-0.4, -0.2) is 70.9 Å². The molecule has 26 heavy (non-hydrogen) atoms. The molecule has 10 heteroatoms. The first-order valence-corrected chi connectivity index (χ1v) is 8.52. The Morgan fingerprint density at radius 1 is 1.19 bits per heavy atom. The quantitative estimate of drug-likeness (QED) is 0.710. The summed E-state index contributed by atoms with van der Waals surface area (Å²) in [7, 11) is 1.29. The van der Waals surface area contributed by atoms with E-state index in [0.29, 0.717) is 6.61 Å². The number of carbonyl (C=O) groups excluding carboxylic acids is 1. The summed E-state index contributed by atoms with van der Waals surface area (Å²) in [4.78, 5) is 11.7. The van der Waals surface area contributed by atoms with Crippen LogP contribution in [0.1, 0.15) is 44.2 Å². The summed E-state index contributed by atoms with van der Waals surface area (Å²) in [6.45, 7) is 7.70. The summed E-state index contributed by atoms with van der Waals surface area (Å²) in [6.07, 6.45) is -0.241. The molecule has 0 amide bonds. The predicted molar refractivity (Wildman–Crippen MR) is 84.0 cm³/mol. The van der Waals surface area contributed by atoms with E-state index in [2.05, 4.69) is 10.3 Å². The van der Waals surface area contributed by atoms with Gasteiger partial charge in [-0.05, 0) is 27.7 Å². The molecule has 0 saturated carbocycles. The first kappa shape index (κ1) is 17.8. The standard InChI is InChI=1S/C16H23N3O7/c1-15(2)22-7-9(24-15)11-10(12-14(23-11)26-16(3,4)25-12)19-6-8(17-18-19)13(20)21-5/h6,9-12,14H,7H2,1-5H3/t9-,10?,11+,12+,14-/m1/s1. The second-order valence-corrected chi connectivity index (χ2v) is 7.50. The maximum absolute atomic E-state index is 11.7. The van der Waals surface area contributed by atoms with Crippen molar-refractivity contribution in [1.29, 1.82) is 0 Å². The van der Waals surface area contributed by atoms with E-state index in [1.54, 1.807) is 4.68 Å². The Bertz CT molecular complexity index is 704. The molecular weight excluding hydrogens is 346 g/mol. The lowest BCUT2D eigenvalue weighted by atomic mass is 10.0. The Morgan fingerprint density at radius 3 is 2.62 bits per heavy atom. The van der Waals surface area contributed by atoms with Gasteiger partial charge < -0.3 is 28.4 Å². The predicted octanol–water partition coefficient (Wildman–Crippen LogP) is 0.634. The average molecular weight is 369 g/mol. The van der Waals surface area contributed by atoms with Crippen LogP contribution >= 0.6 is 0 Å². The van der Waals surface area contributed by atoms with Crippen LogP contribution in [0.25, 0.3) is 0 Å². The van der Waals surface area contributed by atoms with Crippen molar-refractivity contribution >= 4 is 5.97 Å². The summed E-state index contributed by atoms with van der Waals surface area (Å²) in [6, 6.07) is -0.393. The zero-order valence-corrected chi connectivity index (χ0v) is 15.4. The minimum Gasteiger partial charge on any atom is -0.464 e. The Morgan fingerprint density at radius 2 is 1.96 bits per heavy atom. The summed E-state index contributed by atoms with van der Waals surface area (Å²) >= 11 is 0. The van der Waals surface area contributed by atoms with Crippen LogP contribution in [0.2, 0.25) is 0 Å². The number of rotatable bonds is 3. The molecule has 4 rings (SSSR count). The molecule has 144 valence electrons. The Hall–Kier alpha value is -1.59. The minimum absolute atomic E-state index is 0.108. The third kappa shape index (κ3) is 3.01. The number of esters is 1. The zero-order valence-electron chi connectivity index (χ0n) is 15.4. The number of methoxy groups -OCH3 is 1. The molecule has 3 saturated heterocycles. The monoisotopic (exact) mass is 369 g/mol. The third-order valence-corrected chi connectivity index (χ3v) is 4.66. The lowest BCUT2D eigenvalue weighted by Crippen LogP contribution is -2.40. The van der Waals surface area contributed by atoms with Crippen molar-refractivity contribution < 1.29 is 33.2 Å². The van der Waals surface area contributed by atoms with Gasteiger partial charge in [-0.25, -0.2) is 9.48 Å². The number of ether oxygens (including phenoxy) is 6. The van der Waals surface area contributed by atoms with Gasteiger partial charge in [0.1, 0.15) is 24.4 Å². The molecule has 3 fully saturated rings. The molecule has 1 unspecified atom stereocenters. The molecular formula is C16H23N3O7. The van der Waals surface area contributed by atoms with Crippen molar-refractivity contribution in [3.63, 3.8) is 0 Å². The van der Waals surface area contributed by atoms with Gasteiger partial charge in [-0.15, -0.1) is 5.10 Å². The summed E-state index contributed by atoms with van der Waals surface area (Å²) in [5.41, 5.74) is 0.108. The molecule has 1 aromatic rings. The number of aromatic nitrogens is 3. The van der Waals surface area contributed by atoms with Gasteiger partial charge in [0.25, 0.3) is 0 Å². The second kappa shape index (κ2) is 5.96. The molecule has 3 aliphatic heterocycles. The Balaban J connectivity index is 1.64. The van der Waals surface area contributed by atoms with Gasteiger partial charge in [0.15, 0.2) is 23.6 Å². The van der Waals surface area contributed by atoms with Crippen molar-refractivity contribution in [2.75, 3.05) is 13.7 Å². The number of hydrogen-bond acceptors (Lipinski definition) is 9. The van der Waals surface area contributed by atoms with Crippen LogP contribution in [0.15, 0.2) is 6.20 Å². The molecule has 5 atom stereocenters. The maximum Gasteiger partial charge on any atom is 0.360 e. The van der Waals surface area contributed by atoms with Crippen molar-refractivity contribution in [2.24, 2.45) is 0 Å². The van der Waals surface area contributed by atoms with Crippen molar-refractivity contribution in [3.05, 3.63) is 11.9 Å². The van der Waals surface area contributed by atoms with Crippen LogP contribution < -0.4 is 0 Å². The molecule has 3 aliphatic rings. The molecule has 0 spiro atoms. The van der Waals surface area contributed by atoms with E-state index in [1.807, 2.05) is 27.7 Å². The van der Waals surface area contributed by atoms with Crippen LogP contribution in [0, 0.1) is 0 Å². The van der Waals surface area contributed by atoms with E-state index in [1.165, 1.54) is 13.3 Å². The summed E-state index contributed by atoms with van der Waals surface area (Å²) < 4.78 is 35.9. The highest BCUT2D eigenvalue weighted by molar-refractivity contribution is 5.86. The van der Waals surface area contributed by atoms with Gasteiger partial charge in [0, 0.05) is 0 Å². The number of nitrogens with zero attached hydrogens (tertiary/aromatic N) is 3. The van der Waals surface area contributed by atoms with E-state index in [4.69, 9.17) is 28.4 Å². The first-order chi connectivity index (χ1) is 12.2. The first-order valence-electron chi connectivity index (χ1n) is 8.52. The highest BCUT2D eigenvalue weighted by Crippen LogP contribution is 2.45. The lowest BCUT2D eigenvalue weighted by molar-refractivity contribution is -0.226. The Kier molecular flexibility index (Phi) is 4.08. The number of fused-ring (bicyclic) bond motifs is 1. The largest absolute Gasteiger partial charge is 0.464 e. The minimum atomic E-state index is -0.781. The highest BCUT2D eigenvalue weighted by atomic mass is 16.8. The van der Waals surface area contributed by atoms with Crippen LogP contribution in [0.4, 0.5) is 0 Å². The van der Waals surface area contributed by atoms with E-state index in [-0.39, 0.29) is 11.8 Å². The highest BCUT2D eigenvalue weighted by Gasteiger charge is 2.59. The van der Waals surface area contributed by atoms with Gasteiger partial charge >= 0.3 is 5.97 Å².